The highest BCUT2D eigenvalue weighted by atomic mass is 35.5. The summed E-state index contributed by atoms with van der Waals surface area (Å²) in [5, 5.41) is 4.09. The van der Waals surface area contributed by atoms with E-state index in [1.165, 1.54) is 0 Å². The van der Waals surface area contributed by atoms with Crippen molar-refractivity contribution in [2.24, 2.45) is 9.98 Å². The third kappa shape index (κ3) is 6.42. The van der Waals surface area contributed by atoms with E-state index < -0.39 is 0 Å². The summed E-state index contributed by atoms with van der Waals surface area (Å²) in [4.78, 5) is 55.7. The van der Waals surface area contributed by atoms with Crippen LogP contribution >= 0.6 is 11.6 Å². The van der Waals surface area contributed by atoms with Gasteiger partial charge in [0.25, 0.3) is 11.8 Å². The van der Waals surface area contributed by atoms with E-state index in [1.807, 2.05) is 78.7 Å². The van der Waals surface area contributed by atoms with Gasteiger partial charge < -0.3 is 24.3 Å². The zero-order valence-corrected chi connectivity index (χ0v) is 38.5. The van der Waals surface area contributed by atoms with Gasteiger partial charge in [-0.05, 0) is 79.1 Å². The number of benzene rings is 3. The van der Waals surface area contributed by atoms with Crippen molar-refractivity contribution in [1.82, 2.24) is 28.9 Å². The summed E-state index contributed by atoms with van der Waals surface area (Å²) >= 11 is 6.97. The molecule has 5 atom stereocenters. The number of para-hydroxylation sites is 1. The Bertz CT molecular complexity index is 3200. The first-order valence-electron chi connectivity index (χ1n) is 23.6. The molecule has 13 rings (SSSR count). The largest absolute Gasteiger partial charge is 0.341 e. The number of halogens is 1. The van der Waals surface area contributed by atoms with Crippen molar-refractivity contribution in [3.63, 3.8) is 0 Å². The van der Waals surface area contributed by atoms with Gasteiger partial charge in [-0.2, -0.15) is 0 Å². The topological polar surface area (TPSA) is 119 Å². The second kappa shape index (κ2) is 15.8. The summed E-state index contributed by atoms with van der Waals surface area (Å²) in [7, 11) is 3.64. The molecule has 0 spiro atoms. The lowest BCUT2D eigenvalue weighted by atomic mass is 9.94. The predicted molar refractivity (Wildman–Crippen MR) is 266 cm³/mol. The molecule has 0 bridgehead atoms. The monoisotopic (exact) mass is 917 g/mol. The molecule has 6 aliphatic rings. The number of carbonyl (C=O) groups excluding carboxylic acids is 2. The molecule has 13 nitrogen and oxygen atoms in total. The minimum atomic E-state index is -0.110. The number of pyridine rings is 2. The second-order valence-electron chi connectivity index (χ2n) is 18.9. The molecule has 4 aromatic heterocycles. The number of aliphatic imine (C=N–C) groups is 2. The number of guanidine groups is 2. The average Bonchev–Trinajstić information content (AvgIpc) is 4.24. The van der Waals surface area contributed by atoms with Crippen LogP contribution in [-0.2, 0) is 13.1 Å². The molecule has 2 amide bonds. The number of nitrogens with zero attached hydrogens (tertiary/aromatic N) is 10. The number of hydrogen-bond donors (Lipinski definition) is 1. The Kier molecular flexibility index (Phi) is 9.47. The van der Waals surface area contributed by atoms with Crippen LogP contribution in [0.1, 0.15) is 75.4 Å². The molecule has 2 saturated carbocycles. The molecule has 7 aromatic rings. The van der Waals surface area contributed by atoms with Crippen LogP contribution in [-0.4, -0.2) is 90.9 Å². The highest BCUT2D eigenvalue weighted by molar-refractivity contribution is 6.36. The van der Waals surface area contributed by atoms with Crippen molar-refractivity contribution in [2.45, 2.75) is 75.3 Å². The van der Waals surface area contributed by atoms with E-state index >= 15 is 0 Å². The van der Waals surface area contributed by atoms with Gasteiger partial charge in [0.2, 0.25) is 11.9 Å². The first-order valence-corrected chi connectivity index (χ1v) is 23.9. The molecule has 2 aliphatic carbocycles. The fourth-order valence-electron chi connectivity index (χ4n) is 11.6. The lowest BCUT2D eigenvalue weighted by Gasteiger charge is -2.35. The smallest absolute Gasteiger partial charge is 0.266 e. The maximum Gasteiger partial charge on any atom is 0.266 e. The van der Waals surface area contributed by atoms with E-state index in [0.29, 0.717) is 35.3 Å². The molecule has 4 aliphatic heterocycles. The van der Waals surface area contributed by atoms with Crippen molar-refractivity contribution in [3.05, 3.63) is 167 Å². The maximum atomic E-state index is 14.5. The van der Waals surface area contributed by atoms with Crippen LogP contribution < -0.4 is 15.1 Å². The molecule has 2 fully saturated rings. The van der Waals surface area contributed by atoms with E-state index in [1.54, 1.807) is 16.8 Å². The van der Waals surface area contributed by atoms with E-state index in [4.69, 9.17) is 26.6 Å². The molecule has 0 radical (unpaired) electrons. The number of fused-ring (bicyclic) bond motifs is 10. The lowest BCUT2D eigenvalue weighted by Crippen LogP contribution is -2.51. The SMILES string of the molecule is CN1C(=O)c2c(cn(Cc3ccc(-c4ccc(C5CCC6C5N=C5N(C)C(=O)c7c(cn(Cc8ccc(-c9ccccn9)cc8)c7Nc7ccccc7)N56)cn4)cc3)c2Cl)N2C1=NC1CCCC12. The molecular weight excluding hydrogens is 870 g/mol. The Morgan fingerprint density at radius 3 is 1.99 bits per heavy atom. The van der Waals surface area contributed by atoms with Crippen molar-refractivity contribution in [1.29, 1.82) is 0 Å². The van der Waals surface area contributed by atoms with Crippen LogP contribution in [0.3, 0.4) is 0 Å². The number of hydrogen-bond acceptors (Lipinski definition) is 9. The number of aromatic nitrogens is 4. The van der Waals surface area contributed by atoms with E-state index in [0.717, 1.165) is 100 Å². The molecule has 1 N–H and O–H groups in total. The normalized spacial score (nSPS) is 22.1. The third-order valence-corrected chi connectivity index (χ3v) is 15.4. The maximum absolute atomic E-state index is 14.5. The van der Waals surface area contributed by atoms with E-state index in [-0.39, 0.29) is 41.9 Å². The minimum absolute atomic E-state index is 0.0306. The fourth-order valence-corrected chi connectivity index (χ4v) is 11.9. The Morgan fingerprint density at radius 2 is 1.28 bits per heavy atom. The van der Waals surface area contributed by atoms with Crippen molar-refractivity contribution < 1.29 is 9.59 Å². The quantitative estimate of drug-likeness (QED) is 0.153. The molecule has 338 valence electrons. The highest BCUT2D eigenvalue weighted by Gasteiger charge is 2.52. The van der Waals surface area contributed by atoms with Crippen LogP contribution in [0.15, 0.2) is 144 Å². The summed E-state index contributed by atoms with van der Waals surface area (Å²) in [5.41, 5.74) is 11.1. The zero-order chi connectivity index (χ0) is 45.8. The lowest BCUT2D eigenvalue weighted by molar-refractivity contribution is 0.0857. The van der Waals surface area contributed by atoms with Crippen LogP contribution in [0.25, 0.3) is 22.5 Å². The molecule has 0 saturated heterocycles. The number of nitrogens with one attached hydrogen (secondary N) is 1. The summed E-state index contributed by atoms with van der Waals surface area (Å²) in [6.45, 7) is 1.10. The van der Waals surface area contributed by atoms with Gasteiger partial charge in [0, 0.05) is 74.7 Å². The Morgan fingerprint density at radius 1 is 0.632 bits per heavy atom. The second-order valence-corrected chi connectivity index (χ2v) is 19.2. The van der Waals surface area contributed by atoms with Gasteiger partial charge in [0.05, 0.1) is 46.9 Å². The van der Waals surface area contributed by atoms with Crippen molar-refractivity contribution >= 4 is 58.2 Å². The number of anilines is 4. The van der Waals surface area contributed by atoms with Gasteiger partial charge in [-0.15, -0.1) is 0 Å². The Balaban J connectivity index is 0.741. The van der Waals surface area contributed by atoms with Gasteiger partial charge in [0.1, 0.15) is 22.1 Å². The fraction of sp³-hybridized carbons (Fsp3) is 0.259. The summed E-state index contributed by atoms with van der Waals surface area (Å²) < 4.78 is 4.15. The molecular formula is C54H48ClN11O2. The van der Waals surface area contributed by atoms with Gasteiger partial charge in [-0.3, -0.25) is 29.4 Å². The third-order valence-electron chi connectivity index (χ3n) is 15.0. The first-order chi connectivity index (χ1) is 33.3. The number of carbonyl (C=O) groups is 2. The minimum Gasteiger partial charge on any atom is -0.341 e. The summed E-state index contributed by atoms with van der Waals surface area (Å²) in [5.74, 6) is 2.17. The van der Waals surface area contributed by atoms with Gasteiger partial charge in [-0.25, -0.2) is 9.98 Å². The number of amides is 2. The molecule has 5 unspecified atom stereocenters. The van der Waals surface area contributed by atoms with Crippen molar-refractivity contribution in [2.75, 3.05) is 29.2 Å². The molecule has 14 heteroatoms. The number of rotatable bonds is 9. The van der Waals surface area contributed by atoms with E-state index in [9.17, 15) is 9.59 Å². The molecule has 3 aromatic carbocycles. The summed E-state index contributed by atoms with van der Waals surface area (Å²) in [6, 6.07) is 37.7. The Labute approximate surface area is 399 Å². The average molecular weight is 919 g/mol. The highest BCUT2D eigenvalue weighted by Crippen LogP contribution is 2.49. The van der Waals surface area contributed by atoms with Crippen LogP contribution in [0.5, 0.6) is 0 Å². The zero-order valence-electron chi connectivity index (χ0n) is 37.7. The first kappa shape index (κ1) is 40.7. The van der Waals surface area contributed by atoms with E-state index in [2.05, 4.69) is 91.5 Å². The van der Waals surface area contributed by atoms with Gasteiger partial charge >= 0.3 is 0 Å². The van der Waals surface area contributed by atoms with Crippen LogP contribution in [0, 0.1) is 0 Å². The van der Waals surface area contributed by atoms with Crippen molar-refractivity contribution in [3.8, 4) is 22.5 Å². The predicted octanol–water partition coefficient (Wildman–Crippen LogP) is 9.67. The molecule has 68 heavy (non-hydrogen) atoms. The van der Waals surface area contributed by atoms with Gasteiger partial charge in [0.15, 0.2) is 0 Å². The van der Waals surface area contributed by atoms with Gasteiger partial charge in [-0.1, -0.05) is 90.5 Å². The summed E-state index contributed by atoms with van der Waals surface area (Å²) in [6.07, 6.45) is 13.1. The Hall–Kier alpha value is -7.51. The molecule has 8 heterocycles. The van der Waals surface area contributed by atoms with Crippen LogP contribution in [0.2, 0.25) is 5.15 Å². The standard InChI is InChI=1S/C54H48ClN11O2/c1-61-51(67)46-44(65-42-13-8-12-41(42)59-53(61)65)30-63(49(46)55)28-32-14-20-35(21-15-32)40-24-22-36(27-57-40)38-23-25-43-48(38)60-54-62(2)52(68)47-45(66(43)54)31-64(50(47)58-37-9-4-3-5-10-37)29-33-16-18-34(19-17-33)39-11-6-7-26-56-39/h3-7,9-11,14-22,24,26-27,30-31,38,41-43,48,58H,8,12-13,23,25,28-29H2,1-2H3. The van der Waals surface area contributed by atoms with Crippen LogP contribution in [0.4, 0.5) is 22.9 Å².